The van der Waals surface area contributed by atoms with Gasteiger partial charge in [0.1, 0.15) is 0 Å². The number of carboxylic acids is 1. The maximum atomic E-state index is 12.7. The molecule has 0 heterocycles. The van der Waals surface area contributed by atoms with E-state index in [1.54, 1.807) is 0 Å². The summed E-state index contributed by atoms with van der Waals surface area (Å²) in [6, 6.07) is 3.93. The van der Waals surface area contributed by atoms with Gasteiger partial charge in [0.15, 0.2) is 0 Å². The van der Waals surface area contributed by atoms with E-state index in [4.69, 9.17) is 9.84 Å². The Kier molecular flexibility index (Phi) is 5.03. The molecular weight excluding hydrogens is 362 g/mol. The Bertz CT molecular complexity index is 642. The molecule has 1 aliphatic rings. The van der Waals surface area contributed by atoms with Crippen molar-refractivity contribution in [3.8, 4) is 0 Å². The molecule has 0 aromatic heterocycles. The molecule has 1 aliphatic carbocycles. The van der Waals surface area contributed by atoms with E-state index in [0.29, 0.717) is 6.61 Å². The molecule has 2 rings (SSSR count). The fourth-order valence-corrected chi connectivity index (χ4v) is 4.72. The fourth-order valence-electron chi connectivity index (χ4n) is 2.01. The number of rotatable bonds is 7. The van der Waals surface area contributed by atoms with Crippen LogP contribution in [0, 0.1) is 0 Å². The molecule has 0 radical (unpaired) electrons. The number of halogens is 1. The minimum atomic E-state index is -3.67. The van der Waals surface area contributed by atoms with Crippen LogP contribution in [0.1, 0.15) is 23.2 Å². The van der Waals surface area contributed by atoms with Gasteiger partial charge in [-0.2, -0.15) is 4.31 Å². The molecule has 0 aliphatic heterocycles. The van der Waals surface area contributed by atoms with Gasteiger partial charge in [0, 0.05) is 24.2 Å². The van der Waals surface area contributed by atoms with Gasteiger partial charge >= 0.3 is 5.97 Å². The average Bonchev–Trinajstić information content (AvgIpc) is 3.23. The lowest BCUT2D eigenvalue weighted by atomic mass is 10.2. The summed E-state index contributed by atoms with van der Waals surface area (Å²) in [7, 11) is -2.15. The number of sulfonamides is 1. The van der Waals surface area contributed by atoms with Crippen molar-refractivity contribution < 1.29 is 23.1 Å². The highest BCUT2D eigenvalue weighted by molar-refractivity contribution is 9.10. The van der Waals surface area contributed by atoms with E-state index in [1.807, 2.05) is 0 Å². The van der Waals surface area contributed by atoms with Gasteiger partial charge in [-0.25, -0.2) is 13.2 Å². The fraction of sp³-hybridized carbons (Fsp3) is 0.462. The topological polar surface area (TPSA) is 83.9 Å². The monoisotopic (exact) mass is 377 g/mol. The second kappa shape index (κ2) is 6.43. The zero-order chi connectivity index (χ0) is 15.6. The Morgan fingerprint density at radius 1 is 1.48 bits per heavy atom. The average molecular weight is 378 g/mol. The lowest BCUT2D eigenvalue weighted by Crippen LogP contribution is -2.36. The molecule has 0 saturated heterocycles. The molecule has 1 N–H and O–H groups in total. The van der Waals surface area contributed by atoms with Crippen molar-refractivity contribution in [1.82, 2.24) is 4.31 Å². The van der Waals surface area contributed by atoms with E-state index in [1.165, 1.54) is 29.6 Å². The maximum Gasteiger partial charge on any atom is 0.335 e. The Morgan fingerprint density at radius 2 is 2.14 bits per heavy atom. The highest BCUT2D eigenvalue weighted by Gasteiger charge is 2.38. The van der Waals surface area contributed by atoms with E-state index >= 15 is 0 Å². The van der Waals surface area contributed by atoms with Crippen LogP contribution in [0.3, 0.4) is 0 Å². The predicted molar refractivity (Wildman–Crippen MR) is 79.9 cm³/mol. The SMILES string of the molecule is COCCN(C1CC1)S(=O)(=O)c1ccc(C(=O)O)cc1Br. The van der Waals surface area contributed by atoms with Crippen molar-refractivity contribution >= 4 is 31.9 Å². The number of hydrogen-bond donors (Lipinski definition) is 1. The van der Waals surface area contributed by atoms with Crippen molar-refractivity contribution in [3.63, 3.8) is 0 Å². The summed E-state index contributed by atoms with van der Waals surface area (Å²) in [5.41, 5.74) is 0.0377. The van der Waals surface area contributed by atoms with E-state index in [2.05, 4.69) is 15.9 Å². The molecule has 6 nitrogen and oxygen atoms in total. The van der Waals surface area contributed by atoms with Gasteiger partial charge < -0.3 is 9.84 Å². The lowest BCUT2D eigenvalue weighted by molar-refractivity contribution is 0.0696. The molecule has 0 atom stereocenters. The van der Waals surface area contributed by atoms with Crippen molar-refractivity contribution in [2.45, 2.75) is 23.8 Å². The van der Waals surface area contributed by atoms with Crippen LogP contribution in [0.5, 0.6) is 0 Å². The van der Waals surface area contributed by atoms with Crippen molar-refractivity contribution in [3.05, 3.63) is 28.2 Å². The summed E-state index contributed by atoms with van der Waals surface area (Å²) < 4.78 is 32.1. The summed E-state index contributed by atoms with van der Waals surface area (Å²) in [4.78, 5) is 11.0. The molecule has 116 valence electrons. The maximum absolute atomic E-state index is 12.7. The first kappa shape index (κ1) is 16.4. The third-order valence-corrected chi connectivity index (χ3v) is 6.16. The third-order valence-electron chi connectivity index (χ3n) is 3.24. The van der Waals surface area contributed by atoms with Gasteiger partial charge in [0.25, 0.3) is 0 Å². The Morgan fingerprint density at radius 3 is 2.62 bits per heavy atom. The zero-order valence-electron chi connectivity index (χ0n) is 11.5. The second-order valence-electron chi connectivity index (χ2n) is 4.79. The molecule has 8 heteroatoms. The van der Waals surface area contributed by atoms with Gasteiger partial charge in [-0.3, -0.25) is 0 Å². The van der Waals surface area contributed by atoms with Crippen LogP contribution in [0.2, 0.25) is 0 Å². The molecule has 0 bridgehead atoms. The summed E-state index contributed by atoms with van der Waals surface area (Å²) in [5, 5.41) is 8.93. The number of benzene rings is 1. The smallest absolute Gasteiger partial charge is 0.335 e. The van der Waals surface area contributed by atoms with Crippen molar-refractivity contribution in [2.75, 3.05) is 20.3 Å². The number of methoxy groups -OCH3 is 1. The molecule has 21 heavy (non-hydrogen) atoms. The van der Waals surface area contributed by atoms with E-state index in [-0.39, 0.29) is 27.5 Å². The highest BCUT2D eigenvalue weighted by Crippen LogP contribution is 2.34. The van der Waals surface area contributed by atoms with E-state index < -0.39 is 16.0 Å². The number of carbonyl (C=O) groups is 1. The summed E-state index contributed by atoms with van der Waals surface area (Å²) in [6.07, 6.45) is 1.68. The van der Waals surface area contributed by atoms with E-state index in [0.717, 1.165) is 12.8 Å². The van der Waals surface area contributed by atoms with Crippen molar-refractivity contribution in [2.24, 2.45) is 0 Å². The van der Waals surface area contributed by atoms with Crippen LogP contribution in [-0.2, 0) is 14.8 Å². The number of aromatic carboxylic acids is 1. The van der Waals surface area contributed by atoms with Gasteiger partial charge in [-0.15, -0.1) is 0 Å². The largest absolute Gasteiger partial charge is 0.478 e. The second-order valence-corrected chi connectivity index (χ2v) is 7.50. The van der Waals surface area contributed by atoms with Gasteiger partial charge in [0.2, 0.25) is 10.0 Å². The van der Waals surface area contributed by atoms with Gasteiger partial charge in [0.05, 0.1) is 17.1 Å². The first-order valence-corrected chi connectivity index (χ1v) is 8.65. The molecule has 0 amide bonds. The van der Waals surface area contributed by atoms with Crippen molar-refractivity contribution in [1.29, 1.82) is 0 Å². The van der Waals surface area contributed by atoms with E-state index in [9.17, 15) is 13.2 Å². The standard InChI is InChI=1S/C13H16BrNO5S/c1-20-7-6-15(10-3-4-10)21(18,19)12-5-2-9(13(16)17)8-11(12)14/h2,5,8,10H,3-4,6-7H2,1H3,(H,16,17). The summed E-state index contributed by atoms with van der Waals surface area (Å²) in [5.74, 6) is -1.10. The van der Waals surface area contributed by atoms with Crippen LogP contribution in [-0.4, -0.2) is 50.1 Å². The molecule has 1 fully saturated rings. The zero-order valence-corrected chi connectivity index (χ0v) is 13.9. The number of carboxylic acid groups (broad SMARTS) is 1. The number of nitrogens with zero attached hydrogens (tertiary/aromatic N) is 1. The number of hydrogen-bond acceptors (Lipinski definition) is 4. The molecule has 1 saturated carbocycles. The highest BCUT2D eigenvalue weighted by atomic mass is 79.9. The Hall–Kier alpha value is -0.960. The number of ether oxygens (including phenoxy) is 1. The molecule has 0 unspecified atom stereocenters. The molecule has 1 aromatic carbocycles. The first-order valence-electron chi connectivity index (χ1n) is 6.41. The quantitative estimate of drug-likeness (QED) is 0.784. The minimum absolute atomic E-state index is 0.0104. The summed E-state index contributed by atoms with van der Waals surface area (Å²) >= 11 is 3.16. The van der Waals surface area contributed by atoms with Crippen LogP contribution in [0.25, 0.3) is 0 Å². The van der Waals surface area contributed by atoms with Crippen LogP contribution < -0.4 is 0 Å². The normalized spacial score (nSPS) is 15.4. The van der Waals surface area contributed by atoms with Crippen LogP contribution in [0.4, 0.5) is 0 Å². The minimum Gasteiger partial charge on any atom is -0.478 e. The molecule has 1 aromatic rings. The Balaban J connectivity index is 2.35. The molecule has 0 spiro atoms. The van der Waals surface area contributed by atoms with Crippen LogP contribution in [0.15, 0.2) is 27.6 Å². The summed E-state index contributed by atoms with van der Waals surface area (Å²) in [6.45, 7) is 0.608. The first-order chi connectivity index (χ1) is 9.87. The van der Waals surface area contributed by atoms with Gasteiger partial charge in [-0.05, 0) is 47.0 Å². The van der Waals surface area contributed by atoms with Gasteiger partial charge in [-0.1, -0.05) is 0 Å². The lowest BCUT2D eigenvalue weighted by Gasteiger charge is -2.22. The molecular formula is C13H16BrNO5S. The Labute approximate surface area is 131 Å². The predicted octanol–water partition coefficient (Wildman–Crippen LogP) is 1.95. The third kappa shape index (κ3) is 3.63. The van der Waals surface area contributed by atoms with Crippen LogP contribution >= 0.6 is 15.9 Å².